The van der Waals surface area contributed by atoms with Crippen molar-refractivity contribution in [1.82, 2.24) is 5.23 Å². The maximum absolute atomic E-state index is 11.8. The summed E-state index contributed by atoms with van der Waals surface area (Å²) in [6.07, 6.45) is 9.78. The van der Waals surface area contributed by atoms with Gasteiger partial charge in [-0.2, -0.15) is 0 Å². The van der Waals surface area contributed by atoms with E-state index in [2.05, 4.69) is 5.23 Å². The Bertz CT molecular complexity index is 360. The van der Waals surface area contributed by atoms with E-state index in [1.54, 1.807) is 21.6 Å². The number of carbonyl (C=O) groups excluding carboxylic acids is 1. The quantitative estimate of drug-likeness (QED) is 0.244. The van der Waals surface area contributed by atoms with Gasteiger partial charge in [0.05, 0.1) is 6.04 Å². The summed E-state index contributed by atoms with van der Waals surface area (Å²) in [6.45, 7) is 4.54. The first-order chi connectivity index (χ1) is 9.65. The van der Waals surface area contributed by atoms with Gasteiger partial charge in [-0.1, -0.05) is 57.4 Å². The lowest BCUT2D eigenvalue weighted by Crippen LogP contribution is -2.44. The number of allylic oxidation sites excluding steroid dienone is 6. The number of nitrogens with one attached hydrogen (secondary N) is 1. The molecule has 1 atom stereocenters. The van der Waals surface area contributed by atoms with E-state index in [1.807, 2.05) is 44.2 Å². The van der Waals surface area contributed by atoms with Crippen molar-refractivity contribution in [2.24, 2.45) is 11.5 Å². The number of rotatable bonds is 10. The fourth-order valence-corrected chi connectivity index (χ4v) is 3.21. The van der Waals surface area contributed by atoms with E-state index in [0.717, 1.165) is 11.2 Å². The minimum absolute atomic E-state index is 0.123. The van der Waals surface area contributed by atoms with Crippen molar-refractivity contribution in [2.45, 2.75) is 19.9 Å². The van der Waals surface area contributed by atoms with E-state index in [0.29, 0.717) is 19.7 Å². The number of amides is 1. The first kappa shape index (κ1) is 19.4. The average Bonchev–Trinajstić information content (AvgIpc) is 2.45. The highest BCUT2D eigenvalue weighted by Crippen LogP contribution is 2.20. The highest BCUT2D eigenvalue weighted by Gasteiger charge is 2.13. The molecule has 0 aliphatic heterocycles. The summed E-state index contributed by atoms with van der Waals surface area (Å²) in [5.74, 6) is 1.34. The van der Waals surface area contributed by atoms with E-state index >= 15 is 0 Å². The van der Waals surface area contributed by atoms with Crippen molar-refractivity contribution in [3.8, 4) is 0 Å². The highest BCUT2D eigenvalue weighted by molar-refractivity contribution is 8.76. The first-order valence-electron chi connectivity index (χ1n) is 6.58. The Morgan fingerprint density at radius 3 is 2.70 bits per heavy atom. The fraction of sp³-hybridized carbons (Fsp3) is 0.462. The molecule has 5 N–H and O–H groups in total. The summed E-state index contributed by atoms with van der Waals surface area (Å²) in [6, 6.07) is -0.487. The van der Waals surface area contributed by atoms with Crippen molar-refractivity contribution >= 4 is 34.9 Å². The fourth-order valence-electron chi connectivity index (χ4n) is 1.23. The van der Waals surface area contributed by atoms with Gasteiger partial charge >= 0.3 is 0 Å². The van der Waals surface area contributed by atoms with Crippen LogP contribution in [0.5, 0.6) is 0 Å². The Morgan fingerprint density at radius 2 is 2.10 bits per heavy atom. The molecule has 0 aliphatic carbocycles. The Morgan fingerprint density at radius 1 is 1.35 bits per heavy atom. The van der Waals surface area contributed by atoms with Crippen molar-refractivity contribution in [3.63, 3.8) is 0 Å². The van der Waals surface area contributed by atoms with E-state index in [-0.39, 0.29) is 5.91 Å². The van der Waals surface area contributed by atoms with Crippen LogP contribution in [0, 0.1) is 0 Å². The molecule has 0 saturated heterocycles. The number of hydrogen-bond acceptors (Lipinski definition) is 5. The molecule has 0 unspecified atom stereocenters. The van der Waals surface area contributed by atoms with Crippen molar-refractivity contribution in [3.05, 3.63) is 35.9 Å². The zero-order chi connectivity index (χ0) is 15.2. The van der Waals surface area contributed by atoms with E-state index in [9.17, 15) is 4.79 Å². The predicted octanol–water partition coefficient (Wildman–Crippen LogP) is 1.16. The van der Waals surface area contributed by atoms with Gasteiger partial charge < -0.3 is 16.7 Å². The molecule has 0 aromatic heterocycles. The molecule has 0 heterocycles. The van der Waals surface area contributed by atoms with Crippen LogP contribution < -0.4 is 16.7 Å². The van der Waals surface area contributed by atoms with Gasteiger partial charge in [-0.25, -0.2) is 0 Å². The number of carbonyl (C=O) groups is 1. The van der Waals surface area contributed by atoms with Crippen LogP contribution in [0.3, 0.4) is 0 Å². The molecule has 0 aromatic carbocycles. The van der Waals surface area contributed by atoms with Gasteiger partial charge in [0, 0.05) is 18.1 Å². The van der Waals surface area contributed by atoms with Crippen molar-refractivity contribution in [2.75, 3.05) is 18.1 Å². The zero-order valence-electron chi connectivity index (χ0n) is 12.2. The molecule has 20 heavy (non-hydrogen) atoms. The number of nitrogens with two attached hydrogens (primary N) is 2. The molecule has 0 aromatic rings. The Balaban J connectivity index is 4.11. The van der Waals surface area contributed by atoms with Gasteiger partial charge in [-0.3, -0.25) is 4.79 Å². The second-order valence-corrected chi connectivity index (χ2v) is 6.61. The summed E-state index contributed by atoms with van der Waals surface area (Å²) < 4.78 is 0. The smallest absolute Gasteiger partial charge is 0.269 e. The minimum Gasteiger partial charge on any atom is -0.396 e. The van der Waals surface area contributed by atoms with Crippen LogP contribution in [0.15, 0.2) is 35.9 Å². The van der Waals surface area contributed by atoms with Crippen LogP contribution in [-0.2, 0) is 4.79 Å². The summed E-state index contributed by atoms with van der Waals surface area (Å²) in [5, 5.41) is 2.85. The SMILES string of the molecule is C\C=C/C=C(BNC(=O)[C@@H](N)CSSCCN)\C=C/C. The third-order valence-electron chi connectivity index (χ3n) is 2.22. The van der Waals surface area contributed by atoms with Gasteiger partial charge in [0.2, 0.25) is 5.91 Å². The topological polar surface area (TPSA) is 81.1 Å². The Labute approximate surface area is 130 Å². The van der Waals surface area contributed by atoms with Gasteiger partial charge in [0.15, 0.2) is 0 Å². The van der Waals surface area contributed by atoms with Gasteiger partial charge in [-0.15, -0.1) is 0 Å². The third kappa shape index (κ3) is 10.2. The maximum atomic E-state index is 11.8. The van der Waals surface area contributed by atoms with Gasteiger partial charge in [0.1, 0.15) is 0 Å². The lowest BCUT2D eigenvalue weighted by atomic mass is 9.81. The minimum atomic E-state index is -0.487. The molecule has 0 rings (SSSR count). The lowest BCUT2D eigenvalue weighted by molar-refractivity contribution is -0.120. The van der Waals surface area contributed by atoms with Crippen LogP contribution >= 0.6 is 21.6 Å². The molecule has 0 radical (unpaired) electrons. The summed E-state index contributed by atoms with van der Waals surface area (Å²) in [5.41, 5.74) is 12.3. The van der Waals surface area contributed by atoms with Gasteiger partial charge in [0.25, 0.3) is 7.41 Å². The Hall–Kier alpha value is -0.625. The second kappa shape index (κ2) is 13.4. The lowest BCUT2D eigenvalue weighted by Gasteiger charge is -2.11. The summed E-state index contributed by atoms with van der Waals surface area (Å²) in [7, 11) is 3.71. The molecule has 0 spiro atoms. The van der Waals surface area contributed by atoms with Crippen LogP contribution in [0.25, 0.3) is 0 Å². The summed E-state index contributed by atoms with van der Waals surface area (Å²) in [4.78, 5) is 11.8. The van der Waals surface area contributed by atoms with Gasteiger partial charge in [-0.05, 0) is 13.8 Å². The predicted molar refractivity (Wildman–Crippen MR) is 94.9 cm³/mol. The van der Waals surface area contributed by atoms with Crippen molar-refractivity contribution in [1.29, 1.82) is 0 Å². The van der Waals surface area contributed by atoms with Crippen LogP contribution in [0.4, 0.5) is 0 Å². The zero-order valence-corrected chi connectivity index (χ0v) is 13.8. The van der Waals surface area contributed by atoms with Crippen LogP contribution in [0.2, 0.25) is 0 Å². The molecular weight excluding hydrogens is 289 g/mol. The summed E-state index contributed by atoms with van der Waals surface area (Å²) >= 11 is 0. The molecule has 1 amide bonds. The molecule has 0 aliphatic rings. The molecule has 0 bridgehead atoms. The molecule has 4 nitrogen and oxygen atoms in total. The molecule has 0 fully saturated rings. The first-order valence-corrected chi connectivity index (χ1v) is 9.06. The average molecular weight is 313 g/mol. The molecule has 0 saturated carbocycles. The van der Waals surface area contributed by atoms with E-state index < -0.39 is 6.04 Å². The molecule has 112 valence electrons. The van der Waals surface area contributed by atoms with Crippen LogP contribution in [0.1, 0.15) is 13.8 Å². The molecule has 7 heteroatoms. The van der Waals surface area contributed by atoms with Crippen LogP contribution in [-0.4, -0.2) is 37.4 Å². The maximum Gasteiger partial charge on any atom is 0.269 e. The third-order valence-corrected chi connectivity index (χ3v) is 4.69. The largest absolute Gasteiger partial charge is 0.396 e. The van der Waals surface area contributed by atoms with Crippen molar-refractivity contribution < 1.29 is 4.79 Å². The highest BCUT2D eigenvalue weighted by atomic mass is 33.1. The Kier molecular flexibility index (Phi) is 12.9. The van der Waals surface area contributed by atoms with E-state index in [1.165, 1.54) is 0 Å². The normalized spacial score (nSPS) is 13.9. The number of hydrogen-bond donors (Lipinski definition) is 3. The standard InChI is InChI=1S/C13H24BN3OS2/c1-3-5-7-11(6-4-2)14-17-13(18)12(16)10-20-19-9-8-15/h3-7,12,14H,8-10,15-16H2,1-2H3,(H,17,18)/b5-3-,6-4-,11-7+/t12-/m0/s1. The monoisotopic (exact) mass is 313 g/mol. The molecular formula is C13H24BN3OS2. The second-order valence-electron chi connectivity index (χ2n) is 3.99. The van der Waals surface area contributed by atoms with E-state index in [4.69, 9.17) is 11.5 Å².